The van der Waals surface area contributed by atoms with Crippen molar-refractivity contribution in [3.8, 4) is 0 Å². The molecule has 0 aromatic carbocycles. The molecular formula is C15H19N3O2. The maximum absolute atomic E-state index is 11.0. The molecule has 1 aliphatic rings. The Bertz CT molecular complexity index is 615. The fourth-order valence-electron chi connectivity index (χ4n) is 2.80. The van der Waals surface area contributed by atoms with Gasteiger partial charge >= 0.3 is 5.97 Å². The predicted molar refractivity (Wildman–Crippen MR) is 76.1 cm³/mol. The summed E-state index contributed by atoms with van der Waals surface area (Å²) in [5.41, 5.74) is 1.25. The van der Waals surface area contributed by atoms with Gasteiger partial charge in [0.05, 0.1) is 17.3 Å². The number of carboxylic acids is 1. The number of piperidine rings is 1. The Balaban J connectivity index is 1.76. The third-order valence-corrected chi connectivity index (χ3v) is 3.95. The van der Waals surface area contributed by atoms with E-state index in [9.17, 15) is 4.79 Å². The fourth-order valence-corrected chi connectivity index (χ4v) is 2.80. The number of fused-ring (bicyclic) bond motifs is 1. The molecule has 3 rings (SSSR count). The van der Waals surface area contributed by atoms with Crippen LogP contribution in [0.1, 0.15) is 35.4 Å². The summed E-state index contributed by atoms with van der Waals surface area (Å²) >= 11 is 0. The number of aromatic carboxylic acids is 1. The smallest absolute Gasteiger partial charge is 0.337 e. The van der Waals surface area contributed by atoms with Crippen LogP contribution in [0.3, 0.4) is 0 Å². The fraction of sp³-hybridized carbons (Fsp3) is 0.467. The van der Waals surface area contributed by atoms with Crippen molar-refractivity contribution in [2.45, 2.75) is 25.7 Å². The van der Waals surface area contributed by atoms with Gasteiger partial charge in [-0.05, 0) is 38.1 Å². The zero-order valence-corrected chi connectivity index (χ0v) is 11.5. The van der Waals surface area contributed by atoms with Gasteiger partial charge in [-0.1, -0.05) is 6.42 Å². The van der Waals surface area contributed by atoms with Crippen molar-refractivity contribution in [1.29, 1.82) is 0 Å². The van der Waals surface area contributed by atoms with Crippen molar-refractivity contribution in [1.82, 2.24) is 14.3 Å². The molecule has 0 aliphatic carbocycles. The molecule has 1 saturated heterocycles. The maximum Gasteiger partial charge on any atom is 0.337 e. The van der Waals surface area contributed by atoms with E-state index in [1.54, 1.807) is 24.5 Å². The van der Waals surface area contributed by atoms with Gasteiger partial charge in [-0.15, -0.1) is 0 Å². The summed E-state index contributed by atoms with van der Waals surface area (Å²) in [6.07, 6.45) is 8.23. The number of hydrogen-bond acceptors (Lipinski definition) is 3. The summed E-state index contributed by atoms with van der Waals surface area (Å²) in [4.78, 5) is 17.9. The Morgan fingerprint density at radius 1 is 1.25 bits per heavy atom. The van der Waals surface area contributed by atoms with Crippen LogP contribution in [0.5, 0.6) is 0 Å². The minimum atomic E-state index is -0.900. The minimum absolute atomic E-state index is 0.301. The first-order valence-electron chi connectivity index (χ1n) is 7.16. The Morgan fingerprint density at radius 3 is 2.80 bits per heavy atom. The van der Waals surface area contributed by atoms with Crippen molar-refractivity contribution < 1.29 is 9.90 Å². The molecule has 0 bridgehead atoms. The molecule has 1 fully saturated rings. The van der Waals surface area contributed by atoms with E-state index in [1.165, 1.54) is 32.4 Å². The Morgan fingerprint density at radius 2 is 2.05 bits per heavy atom. The van der Waals surface area contributed by atoms with Crippen LogP contribution in [0.15, 0.2) is 24.5 Å². The number of rotatable bonds is 4. The molecule has 5 heteroatoms. The number of carbonyl (C=O) groups is 1. The van der Waals surface area contributed by atoms with Crippen LogP contribution in [-0.2, 0) is 6.42 Å². The van der Waals surface area contributed by atoms with E-state index in [2.05, 4.69) is 9.88 Å². The van der Waals surface area contributed by atoms with Crippen LogP contribution >= 0.6 is 0 Å². The topological polar surface area (TPSA) is 57.8 Å². The van der Waals surface area contributed by atoms with Gasteiger partial charge in [0, 0.05) is 19.2 Å². The second kappa shape index (κ2) is 5.63. The lowest BCUT2D eigenvalue weighted by atomic mass is 10.1. The first kappa shape index (κ1) is 13.1. The normalized spacial score (nSPS) is 16.6. The summed E-state index contributed by atoms with van der Waals surface area (Å²) in [5, 5.41) is 9.06. The van der Waals surface area contributed by atoms with Crippen LogP contribution in [0, 0.1) is 0 Å². The van der Waals surface area contributed by atoms with Crippen LogP contribution in [0.4, 0.5) is 0 Å². The standard InChI is InChI=1S/C15H19N3O2/c19-15(20)12-4-5-13-10-16-14(18(13)11-12)6-9-17-7-2-1-3-8-17/h4-5,10-11H,1-3,6-9H2,(H,19,20). The highest BCUT2D eigenvalue weighted by Gasteiger charge is 2.12. The summed E-state index contributed by atoms with van der Waals surface area (Å²) in [5.74, 6) is 0.0382. The summed E-state index contributed by atoms with van der Waals surface area (Å²) in [6.45, 7) is 3.34. The van der Waals surface area contributed by atoms with Crippen LogP contribution in [-0.4, -0.2) is 45.0 Å². The molecule has 1 N–H and O–H groups in total. The third kappa shape index (κ3) is 2.67. The van der Waals surface area contributed by atoms with Gasteiger partial charge in [-0.25, -0.2) is 9.78 Å². The molecule has 2 aromatic rings. The average Bonchev–Trinajstić information content (AvgIpc) is 2.88. The Hall–Kier alpha value is -1.88. The van der Waals surface area contributed by atoms with Gasteiger partial charge in [-0.2, -0.15) is 0 Å². The van der Waals surface area contributed by atoms with Gasteiger partial charge in [0.2, 0.25) is 0 Å². The van der Waals surface area contributed by atoms with E-state index < -0.39 is 5.97 Å². The quantitative estimate of drug-likeness (QED) is 0.926. The van der Waals surface area contributed by atoms with E-state index in [1.807, 2.05) is 4.40 Å². The first-order chi connectivity index (χ1) is 9.74. The summed E-state index contributed by atoms with van der Waals surface area (Å²) < 4.78 is 1.90. The summed E-state index contributed by atoms with van der Waals surface area (Å²) in [7, 11) is 0. The van der Waals surface area contributed by atoms with Crippen molar-refractivity contribution in [3.05, 3.63) is 35.9 Å². The average molecular weight is 273 g/mol. The molecule has 3 heterocycles. The molecule has 1 aliphatic heterocycles. The van der Waals surface area contributed by atoms with Crippen molar-refractivity contribution >= 4 is 11.5 Å². The van der Waals surface area contributed by atoms with Gasteiger partial charge in [0.25, 0.3) is 0 Å². The molecule has 0 unspecified atom stereocenters. The highest BCUT2D eigenvalue weighted by atomic mass is 16.4. The second-order valence-electron chi connectivity index (χ2n) is 5.34. The van der Waals surface area contributed by atoms with Crippen LogP contribution in [0.25, 0.3) is 5.52 Å². The third-order valence-electron chi connectivity index (χ3n) is 3.95. The molecule has 0 atom stereocenters. The molecule has 5 nitrogen and oxygen atoms in total. The van der Waals surface area contributed by atoms with E-state index in [-0.39, 0.29) is 0 Å². The number of imidazole rings is 1. The first-order valence-corrected chi connectivity index (χ1v) is 7.16. The SMILES string of the molecule is O=C(O)c1ccc2cnc(CCN3CCCCC3)n2c1. The zero-order chi connectivity index (χ0) is 13.9. The number of hydrogen-bond donors (Lipinski definition) is 1. The van der Waals surface area contributed by atoms with E-state index in [0.717, 1.165) is 24.3 Å². The Kier molecular flexibility index (Phi) is 3.69. The molecular weight excluding hydrogens is 254 g/mol. The molecule has 2 aromatic heterocycles. The number of pyridine rings is 1. The Labute approximate surface area is 117 Å². The van der Waals surface area contributed by atoms with Crippen LogP contribution < -0.4 is 0 Å². The highest BCUT2D eigenvalue weighted by molar-refractivity contribution is 5.87. The van der Waals surface area contributed by atoms with Crippen molar-refractivity contribution in [2.24, 2.45) is 0 Å². The van der Waals surface area contributed by atoms with Gasteiger partial charge < -0.3 is 14.4 Å². The summed E-state index contributed by atoms with van der Waals surface area (Å²) in [6, 6.07) is 3.43. The van der Waals surface area contributed by atoms with Crippen molar-refractivity contribution in [3.63, 3.8) is 0 Å². The molecule has 0 amide bonds. The second-order valence-corrected chi connectivity index (χ2v) is 5.34. The lowest BCUT2D eigenvalue weighted by Crippen LogP contribution is -2.31. The molecule has 0 radical (unpaired) electrons. The highest BCUT2D eigenvalue weighted by Crippen LogP contribution is 2.12. The lowest BCUT2D eigenvalue weighted by Gasteiger charge is -2.25. The minimum Gasteiger partial charge on any atom is -0.478 e. The van der Waals surface area contributed by atoms with Crippen LogP contribution in [0.2, 0.25) is 0 Å². The molecule has 0 spiro atoms. The largest absolute Gasteiger partial charge is 0.478 e. The molecule has 0 saturated carbocycles. The zero-order valence-electron chi connectivity index (χ0n) is 11.5. The van der Waals surface area contributed by atoms with E-state index in [0.29, 0.717) is 5.56 Å². The van der Waals surface area contributed by atoms with E-state index in [4.69, 9.17) is 5.11 Å². The molecule has 20 heavy (non-hydrogen) atoms. The predicted octanol–water partition coefficient (Wildman–Crippen LogP) is 2.06. The number of aromatic nitrogens is 2. The lowest BCUT2D eigenvalue weighted by molar-refractivity contribution is 0.0696. The number of likely N-dealkylation sites (tertiary alicyclic amines) is 1. The van der Waals surface area contributed by atoms with Gasteiger partial charge in [0.1, 0.15) is 5.82 Å². The van der Waals surface area contributed by atoms with Crippen molar-refractivity contribution in [2.75, 3.05) is 19.6 Å². The van der Waals surface area contributed by atoms with Gasteiger partial charge in [0.15, 0.2) is 0 Å². The monoisotopic (exact) mass is 273 g/mol. The molecule has 106 valence electrons. The van der Waals surface area contributed by atoms with Gasteiger partial charge in [-0.3, -0.25) is 0 Å². The maximum atomic E-state index is 11.0. The van der Waals surface area contributed by atoms with E-state index >= 15 is 0 Å². The number of nitrogens with zero attached hydrogens (tertiary/aromatic N) is 3. The number of carboxylic acid groups (broad SMARTS) is 1.